The average molecular weight is 292 g/mol. The number of rotatable bonds is 3. The number of hydrazine groups is 1. The highest BCUT2D eigenvalue weighted by molar-refractivity contribution is 7.93. The summed E-state index contributed by atoms with van der Waals surface area (Å²) in [6.07, 6.45) is 1.09. The number of nitrogens with two attached hydrogens (primary N) is 1. The third kappa shape index (κ3) is 2.17. The van der Waals surface area contributed by atoms with E-state index < -0.39 is 26.6 Å². The highest BCUT2D eigenvalue weighted by Crippen LogP contribution is 2.23. The number of benzene rings is 1. The second-order valence-electron chi connectivity index (χ2n) is 3.10. The van der Waals surface area contributed by atoms with E-state index in [0.717, 1.165) is 12.4 Å². The van der Waals surface area contributed by atoms with Crippen LogP contribution in [0.2, 0.25) is 0 Å². The topological polar surface area (TPSA) is 89.2 Å². The summed E-state index contributed by atoms with van der Waals surface area (Å²) in [6, 6.07) is 2.06. The third-order valence-electron chi connectivity index (χ3n) is 1.97. The van der Waals surface area contributed by atoms with Crippen molar-refractivity contribution >= 4 is 26.7 Å². The molecule has 1 aromatic carbocycles. The lowest BCUT2D eigenvalue weighted by atomic mass is 10.3. The van der Waals surface area contributed by atoms with Gasteiger partial charge in [0.15, 0.2) is 0 Å². The standard InChI is InChI=1S/C8H6F2N4O2S2/c9-5-1-2-6(10)7(3-5)18(15,16)14(11)8-12-4-13-17-8/h1-4H,11H2. The Kier molecular flexibility index (Phi) is 3.24. The zero-order chi connectivity index (χ0) is 13.3. The Morgan fingerprint density at radius 3 is 2.67 bits per heavy atom. The Labute approximate surface area is 105 Å². The first-order valence-electron chi connectivity index (χ1n) is 4.44. The molecular weight excluding hydrogens is 286 g/mol. The predicted octanol–water partition coefficient (Wildman–Crippen LogP) is 0.885. The molecular formula is C8H6F2N4O2S2. The molecule has 0 saturated carbocycles. The SMILES string of the molecule is NN(c1ncns1)S(=O)(=O)c1cc(F)ccc1F. The summed E-state index contributed by atoms with van der Waals surface area (Å²) in [5.41, 5.74) is 0. The van der Waals surface area contributed by atoms with Crippen LogP contribution in [0.15, 0.2) is 29.4 Å². The second kappa shape index (κ2) is 4.55. The molecule has 0 fully saturated rings. The number of anilines is 1. The largest absolute Gasteiger partial charge is 0.282 e. The predicted molar refractivity (Wildman–Crippen MR) is 60.1 cm³/mol. The lowest BCUT2D eigenvalue weighted by Gasteiger charge is -2.15. The first kappa shape index (κ1) is 12.8. The maximum absolute atomic E-state index is 13.4. The first-order valence-corrected chi connectivity index (χ1v) is 6.66. The third-order valence-corrected chi connectivity index (χ3v) is 4.31. The van der Waals surface area contributed by atoms with E-state index in [2.05, 4.69) is 9.36 Å². The summed E-state index contributed by atoms with van der Waals surface area (Å²) in [4.78, 5) is 2.71. The average Bonchev–Trinajstić information content (AvgIpc) is 2.84. The monoisotopic (exact) mass is 292 g/mol. The van der Waals surface area contributed by atoms with Gasteiger partial charge in [0.1, 0.15) is 22.9 Å². The van der Waals surface area contributed by atoms with Crippen LogP contribution in [0.1, 0.15) is 0 Å². The van der Waals surface area contributed by atoms with Gasteiger partial charge in [0, 0.05) is 11.5 Å². The molecule has 10 heteroatoms. The molecule has 2 rings (SSSR count). The van der Waals surface area contributed by atoms with Crippen molar-refractivity contribution in [1.29, 1.82) is 0 Å². The Morgan fingerprint density at radius 1 is 1.33 bits per heavy atom. The molecule has 2 N–H and O–H groups in total. The van der Waals surface area contributed by atoms with Crippen molar-refractivity contribution in [2.45, 2.75) is 4.90 Å². The van der Waals surface area contributed by atoms with Crippen LogP contribution in [-0.2, 0) is 10.0 Å². The van der Waals surface area contributed by atoms with E-state index >= 15 is 0 Å². The molecule has 0 unspecified atom stereocenters. The zero-order valence-electron chi connectivity index (χ0n) is 8.62. The molecule has 0 aliphatic carbocycles. The van der Waals surface area contributed by atoms with Gasteiger partial charge in [-0.1, -0.05) is 0 Å². The molecule has 0 spiro atoms. The minimum atomic E-state index is -4.41. The summed E-state index contributed by atoms with van der Waals surface area (Å²) >= 11 is 0.707. The van der Waals surface area contributed by atoms with E-state index in [4.69, 9.17) is 5.84 Å². The van der Waals surface area contributed by atoms with Gasteiger partial charge in [0.25, 0.3) is 10.0 Å². The van der Waals surface area contributed by atoms with Gasteiger partial charge < -0.3 is 0 Å². The summed E-state index contributed by atoms with van der Waals surface area (Å²) in [5, 5.41) is -0.154. The number of halogens is 2. The molecule has 2 aromatic rings. The Hall–Kier alpha value is -1.65. The van der Waals surface area contributed by atoms with Gasteiger partial charge in [0.05, 0.1) is 0 Å². The fraction of sp³-hybridized carbons (Fsp3) is 0. The van der Waals surface area contributed by atoms with E-state index in [1.165, 1.54) is 0 Å². The molecule has 1 heterocycles. The van der Waals surface area contributed by atoms with E-state index in [1.807, 2.05) is 0 Å². The molecule has 6 nitrogen and oxygen atoms in total. The Balaban J connectivity index is 2.52. The first-order chi connectivity index (χ1) is 8.43. The van der Waals surface area contributed by atoms with Gasteiger partial charge in [-0.15, -0.1) is 0 Å². The van der Waals surface area contributed by atoms with Gasteiger partial charge in [-0.05, 0) is 18.2 Å². The second-order valence-corrected chi connectivity index (χ2v) is 5.64. The van der Waals surface area contributed by atoms with Crippen molar-refractivity contribution in [1.82, 2.24) is 9.36 Å². The highest BCUT2D eigenvalue weighted by atomic mass is 32.2. The van der Waals surface area contributed by atoms with Gasteiger partial charge >= 0.3 is 0 Å². The van der Waals surface area contributed by atoms with Crippen molar-refractivity contribution in [2.24, 2.45) is 5.84 Å². The van der Waals surface area contributed by atoms with Crippen LogP contribution in [0.25, 0.3) is 0 Å². The molecule has 18 heavy (non-hydrogen) atoms. The fourth-order valence-corrected chi connectivity index (χ4v) is 2.95. The summed E-state index contributed by atoms with van der Waals surface area (Å²) < 4.78 is 54.1. The molecule has 96 valence electrons. The molecule has 0 bridgehead atoms. The Morgan fingerprint density at radius 2 is 2.06 bits per heavy atom. The number of hydrogen-bond acceptors (Lipinski definition) is 6. The van der Waals surface area contributed by atoms with E-state index in [-0.39, 0.29) is 9.55 Å². The van der Waals surface area contributed by atoms with Crippen molar-refractivity contribution < 1.29 is 17.2 Å². The van der Waals surface area contributed by atoms with Crippen LogP contribution in [0.4, 0.5) is 13.9 Å². The maximum Gasteiger partial charge on any atom is 0.282 e. The highest BCUT2D eigenvalue weighted by Gasteiger charge is 2.28. The minimum Gasteiger partial charge on any atom is -0.231 e. The van der Waals surface area contributed by atoms with E-state index in [1.54, 1.807) is 0 Å². The van der Waals surface area contributed by atoms with Crippen molar-refractivity contribution in [3.63, 3.8) is 0 Å². The van der Waals surface area contributed by atoms with Crippen LogP contribution >= 0.6 is 11.5 Å². The van der Waals surface area contributed by atoms with Gasteiger partial charge in [-0.2, -0.15) is 17.2 Å². The van der Waals surface area contributed by atoms with Crippen molar-refractivity contribution in [3.05, 3.63) is 36.2 Å². The molecule has 0 saturated heterocycles. The van der Waals surface area contributed by atoms with Crippen molar-refractivity contribution in [2.75, 3.05) is 4.41 Å². The normalized spacial score (nSPS) is 11.5. The van der Waals surface area contributed by atoms with Crippen LogP contribution in [-0.4, -0.2) is 17.8 Å². The molecule has 0 aliphatic heterocycles. The van der Waals surface area contributed by atoms with Crippen LogP contribution in [0.3, 0.4) is 0 Å². The summed E-state index contributed by atoms with van der Waals surface area (Å²) in [5.74, 6) is 3.34. The number of nitrogens with zero attached hydrogens (tertiary/aromatic N) is 3. The molecule has 0 aliphatic rings. The summed E-state index contributed by atoms with van der Waals surface area (Å²) in [6.45, 7) is 0. The maximum atomic E-state index is 13.4. The zero-order valence-corrected chi connectivity index (χ0v) is 10.3. The molecule has 1 aromatic heterocycles. The fourth-order valence-electron chi connectivity index (χ4n) is 1.15. The van der Waals surface area contributed by atoms with Gasteiger partial charge in [-0.3, -0.25) is 0 Å². The lowest BCUT2D eigenvalue weighted by molar-refractivity contribution is 0.551. The van der Waals surface area contributed by atoms with Crippen LogP contribution in [0.5, 0.6) is 0 Å². The smallest absolute Gasteiger partial charge is 0.231 e. The molecule has 0 atom stereocenters. The van der Waals surface area contributed by atoms with Gasteiger partial charge in [-0.25, -0.2) is 19.6 Å². The van der Waals surface area contributed by atoms with Crippen LogP contribution < -0.4 is 10.3 Å². The van der Waals surface area contributed by atoms with E-state index in [9.17, 15) is 17.2 Å². The molecule has 0 amide bonds. The van der Waals surface area contributed by atoms with Gasteiger partial charge in [0.2, 0.25) is 5.13 Å². The number of sulfonamides is 1. The van der Waals surface area contributed by atoms with Crippen LogP contribution in [0, 0.1) is 11.6 Å². The minimum absolute atomic E-state index is 0.154. The van der Waals surface area contributed by atoms with Crippen molar-refractivity contribution in [3.8, 4) is 0 Å². The number of hydrogen-bond donors (Lipinski definition) is 1. The number of aromatic nitrogens is 2. The lowest BCUT2D eigenvalue weighted by Crippen LogP contribution is -2.37. The summed E-state index contributed by atoms with van der Waals surface area (Å²) in [7, 11) is -4.41. The quantitative estimate of drug-likeness (QED) is 0.670. The Bertz CT molecular complexity index is 660. The van der Waals surface area contributed by atoms with E-state index in [0.29, 0.717) is 23.7 Å². The molecule has 0 radical (unpaired) electrons.